The van der Waals surface area contributed by atoms with Crippen molar-refractivity contribution in [2.45, 2.75) is 12.5 Å². The summed E-state index contributed by atoms with van der Waals surface area (Å²) in [6, 6.07) is 1.31. The van der Waals surface area contributed by atoms with E-state index in [2.05, 4.69) is 15.3 Å². The van der Waals surface area contributed by atoms with E-state index in [1.807, 2.05) is 19.0 Å². The fourth-order valence-electron chi connectivity index (χ4n) is 2.41. The maximum atomic E-state index is 12.5. The van der Waals surface area contributed by atoms with Gasteiger partial charge in [-0.1, -0.05) is 0 Å². The van der Waals surface area contributed by atoms with Gasteiger partial charge in [0.05, 0.1) is 11.5 Å². The Hall–Kier alpha value is -1.74. The summed E-state index contributed by atoms with van der Waals surface area (Å²) in [5.41, 5.74) is 0.263. The van der Waals surface area contributed by atoms with Crippen LogP contribution in [0.25, 0.3) is 0 Å². The van der Waals surface area contributed by atoms with Crippen molar-refractivity contribution in [2.75, 3.05) is 51.1 Å². The summed E-state index contributed by atoms with van der Waals surface area (Å²) in [5, 5.41) is 3.13. The molecule has 0 spiro atoms. The Morgan fingerprint density at radius 1 is 1.35 bits per heavy atom. The number of amides is 1. The molecule has 0 aromatic carbocycles. The number of hydrogen-bond acceptors (Lipinski definition) is 7. The molecule has 0 bridgehead atoms. The molecule has 9 heteroatoms. The first-order chi connectivity index (χ1) is 10.8. The van der Waals surface area contributed by atoms with Gasteiger partial charge in [0, 0.05) is 32.2 Å². The summed E-state index contributed by atoms with van der Waals surface area (Å²) in [6.45, 7) is 1.54. The molecular formula is C14H23N5O3S. The molecule has 23 heavy (non-hydrogen) atoms. The van der Waals surface area contributed by atoms with Crippen molar-refractivity contribution in [3.05, 3.63) is 18.1 Å². The Labute approximate surface area is 136 Å². The fraction of sp³-hybridized carbons (Fsp3) is 0.643. The minimum atomic E-state index is -3.03. The lowest BCUT2D eigenvalue weighted by Crippen LogP contribution is -2.38. The number of likely N-dealkylation sites (N-methyl/N-ethyl adjacent to an activating group) is 1. The number of sulfone groups is 1. The van der Waals surface area contributed by atoms with E-state index in [4.69, 9.17) is 0 Å². The molecule has 1 aromatic heterocycles. The van der Waals surface area contributed by atoms with Crippen LogP contribution in [-0.4, -0.2) is 85.9 Å². The highest BCUT2D eigenvalue weighted by Gasteiger charge is 2.33. The lowest BCUT2D eigenvalue weighted by atomic mass is 10.2. The molecular weight excluding hydrogens is 318 g/mol. The van der Waals surface area contributed by atoms with Crippen LogP contribution in [0.4, 0.5) is 5.82 Å². The molecule has 1 fully saturated rings. The van der Waals surface area contributed by atoms with Crippen molar-refractivity contribution < 1.29 is 13.2 Å². The molecule has 8 nitrogen and oxygen atoms in total. The molecule has 1 saturated heterocycles. The second-order valence-electron chi connectivity index (χ2n) is 5.99. The zero-order chi connectivity index (χ0) is 17.0. The Bertz CT molecular complexity index is 662. The lowest BCUT2D eigenvalue weighted by Gasteiger charge is -2.23. The average Bonchev–Trinajstić information content (AvgIpc) is 2.86. The van der Waals surface area contributed by atoms with Gasteiger partial charge in [-0.25, -0.2) is 18.4 Å². The molecule has 0 aliphatic carbocycles. The van der Waals surface area contributed by atoms with Gasteiger partial charge < -0.3 is 15.1 Å². The van der Waals surface area contributed by atoms with Crippen molar-refractivity contribution in [1.29, 1.82) is 0 Å². The number of rotatable bonds is 6. The van der Waals surface area contributed by atoms with Gasteiger partial charge in [0.25, 0.3) is 5.91 Å². The van der Waals surface area contributed by atoms with E-state index in [-0.39, 0.29) is 29.1 Å². The van der Waals surface area contributed by atoms with Crippen LogP contribution in [0, 0.1) is 0 Å². The monoisotopic (exact) mass is 341 g/mol. The molecule has 1 aliphatic rings. The number of carbonyl (C=O) groups excluding carboxylic acids is 1. The van der Waals surface area contributed by atoms with Crippen LogP contribution in [0.3, 0.4) is 0 Å². The van der Waals surface area contributed by atoms with Crippen molar-refractivity contribution >= 4 is 21.6 Å². The third-order valence-electron chi connectivity index (χ3n) is 3.83. The molecule has 0 saturated carbocycles. The van der Waals surface area contributed by atoms with Crippen LogP contribution in [0.5, 0.6) is 0 Å². The van der Waals surface area contributed by atoms with Crippen molar-refractivity contribution in [3.63, 3.8) is 0 Å². The van der Waals surface area contributed by atoms with Gasteiger partial charge in [0.15, 0.2) is 9.84 Å². The predicted molar refractivity (Wildman–Crippen MR) is 88.2 cm³/mol. The lowest BCUT2D eigenvalue weighted by molar-refractivity contribution is 0.0741. The molecule has 1 aromatic rings. The average molecular weight is 341 g/mol. The molecule has 2 rings (SSSR count). The Kier molecular flexibility index (Phi) is 5.53. The Morgan fingerprint density at radius 2 is 2.09 bits per heavy atom. The number of nitrogens with one attached hydrogen (secondary N) is 1. The zero-order valence-electron chi connectivity index (χ0n) is 13.7. The van der Waals surface area contributed by atoms with Crippen LogP contribution < -0.4 is 5.32 Å². The van der Waals surface area contributed by atoms with E-state index in [1.165, 1.54) is 11.2 Å². The van der Waals surface area contributed by atoms with Gasteiger partial charge in [0.1, 0.15) is 17.8 Å². The summed E-state index contributed by atoms with van der Waals surface area (Å²) < 4.78 is 23.1. The first kappa shape index (κ1) is 17.6. The van der Waals surface area contributed by atoms with E-state index in [0.29, 0.717) is 18.8 Å². The third-order valence-corrected chi connectivity index (χ3v) is 5.58. The molecule has 1 unspecified atom stereocenters. The standard InChI is InChI=1S/C14H23N5O3S/c1-18(2)6-5-15-13-8-12(16-10-17-13)14(20)19(3)11-4-7-23(21,22)9-11/h8,10-11H,4-7,9H2,1-3H3,(H,15,16,17). The van der Waals surface area contributed by atoms with E-state index in [1.54, 1.807) is 13.1 Å². The number of hydrogen-bond donors (Lipinski definition) is 1. The number of nitrogens with zero attached hydrogens (tertiary/aromatic N) is 4. The van der Waals surface area contributed by atoms with Crippen molar-refractivity contribution in [1.82, 2.24) is 19.8 Å². The van der Waals surface area contributed by atoms with Gasteiger partial charge in [-0.3, -0.25) is 4.79 Å². The van der Waals surface area contributed by atoms with Crippen LogP contribution in [0.1, 0.15) is 16.9 Å². The minimum absolute atomic E-state index is 0.0221. The van der Waals surface area contributed by atoms with Crippen molar-refractivity contribution in [2.24, 2.45) is 0 Å². The summed E-state index contributed by atoms with van der Waals surface area (Å²) in [5.74, 6) is 0.452. The van der Waals surface area contributed by atoms with Gasteiger partial charge in [-0.15, -0.1) is 0 Å². The van der Waals surface area contributed by atoms with Crippen LogP contribution in [0.2, 0.25) is 0 Å². The van der Waals surface area contributed by atoms with Crippen LogP contribution in [-0.2, 0) is 9.84 Å². The Balaban J connectivity index is 2.01. The van der Waals surface area contributed by atoms with Crippen LogP contribution in [0.15, 0.2) is 12.4 Å². The molecule has 0 radical (unpaired) electrons. The molecule has 1 N–H and O–H groups in total. The van der Waals surface area contributed by atoms with Gasteiger partial charge in [-0.2, -0.15) is 0 Å². The molecule has 1 aliphatic heterocycles. The summed E-state index contributed by atoms with van der Waals surface area (Å²) in [4.78, 5) is 24.1. The highest BCUT2D eigenvalue weighted by Crippen LogP contribution is 2.18. The van der Waals surface area contributed by atoms with Gasteiger partial charge in [0.2, 0.25) is 0 Å². The number of anilines is 1. The second kappa shape index (κ2) is 7.22. The van der Waals surface area contributed by atoms with E-state index < -0.39 is 9.84 Å². The quantitative estimate of drug-likeness (QED) is 0.759. The largest absolute Gasteiger partial charge is 0.369 e. The first-order valence-corrected chi connectivity index (χ1v) is 9.29. The molecule has 1 amide bonds. The van der Waals surface area contributed by atoms with Gasteiger partial charge >= 0.3 is 0 Å². The van der Waals surface area contributed by atoms with E-state index in [0.717, 1.165) is 6.54 Å². The highest BCUT2D eigenvalue weighted by molar-refractivity contribution is 7.91. The number of carbonyl (C=O) groups is 1. The normalized spacial score (nSPS) is 19.7. The van der Waals surface area contributed by atoms with Crippen molar-refractivity contribution in [3.8, 4) is 0 Å². The second-order valence-corrected chi connectivity index (χ2v) is 8.22. The smallest absolute Gasteiger partial charge is 0.272 e. The topological polar surface area (TPSA) is 95.5 Å². The first-order valence-electron chi connectivity index (χ1n) is 7.47. The summed E-state index contributed by atoms with van der Waals surface area (Å²) >= 11 is 0. The summed E-state index contributed by atoms with van der Waals surface area (Å²) in [7, 11) is 2.54. The van der Waals surface area contributed by atoms with E-state index in [9.17, 15) is 13.2 Å². The van der Waals surface area contributed by atoms with Gasteiger partial charge in [-0.05, 0) is 20.5 Å². The molecule has 2 heterocycles. The molecule has 128 valence electrons. The predicted octanol–water partition coefficient (Wildman–Crippen LogP) is -0.291. The SMILES string of the molecule is CN(C)CCNc1cc(C(=O)N(C)C2CCS(=O)(=O)C2)ncn1. The summed E-state index contributed by atoms with van der Waals surface area (Å²) in [6.07, 6.45) is 1.81. The maximum absolute atomic E-state index is 12.5. The maximum Gasteiger partial charge on any atom is 0.272 e. The zero-order valence-corrected chi connectivity index (χ0v) is 14.5. The third kappa shape index (κ3) is 4.87. The van der Waals surface area contributed by atoms with E-state index >= 15 is 0 Å². The fourth-order valence-corrected chi connectivity index (χ4v) is 4.18. The number of aromatic nitrogens is 2. The Morgan fingerprint density at radius 3 is 2.70 bits per heavy atom. The molecule has 1 atom stereocenters. The minimum Gasteiger partial charge on any atom is -0.369 e. The van der Waals surface area contributed by atoms with Crippen LogP contribution >= 0.6 is 0 Å². The highest BCUT2D eigenvalue weighted by atomic mass is 32.2.